The number of hydrogen-bond acceptors (Lipinski definition) is 2. The van der Waals surface area contributed by atoms with E-state index in [0.29, 0.717) is 0 Å². The second kappa shape index (κ2) is 8.08. The first-order valence-corrected chi connectivity index (χ1v) is 9.29. The van der Waals surface area contributed by atoms with Gasteiger partial charge in [0.2, 0.25) is 0 Å². The van der Waals surface area contributed by atoms with Crippen molar-refractivity contribution in [3.05, 3.63) is 24.0 Å². The average Bonchev–Trinajstić information content (AvgIpc) is 2.47. The van der Waals surface area contributed by atoms with Crippen LogP contribution in [0.1, 0.15) is 59.8 Å². The number of nitrogens with zero attached hydrogens (tertiary/aromatic N) is 2. The van der Waals surface area contributed by atoms with E-state index in [4.69, 9.17) is 0 Å². The number of rotatable bonds is 5. The van der Waals surface area contributed by atoms with Crippen LogP contribution in [0.25, 0.3) is 0 Å². The van der Waals surface area contributed by atoms with Crippen molar-refractivity contribution in [1.82, 2.24) is 9.80 Å². The van der Waals surface area contributed by atoms with Crippen molar-refractivity contribution in [3.8, 4) is 0 Å². The van der Waals surface area contributed by atoms with Gasteiger partial charge in [0.1, 0.15) is 0 Å². The maximum absolute atomic E-state index is 4.06. The molecule has 1 aliphatic heterocycles. The Labute approximate surface area is 138 Å². The molecule has 1 saturated heterocycles. The SMILES string of the molecule is C=C(C)N1CCN(/C=C2\CCCC(C(C)CC(C)C)C2)CC1. The van der Waals surface area contributed by atoms with E-state index in [1.165, 1.54) is 37.8 Å². The van der Waals surface area contributed by atoms with Gasteiger partial charge in [0.15, 0.2) is 0 Å². The lowest BCUT2D eigenvalue weighted by molar-refractivity contribution is 0.201. The first kappa shape index (κ1) is 17.4. The molecule has 0 N–H and O–H groups in total. The zero-order valence-electron chi connectivity index (χ0n) is 15.3. The van der Waals surface area contributed by atoms with Crippen LogP contribution < -0.4 is 0 Å². The summed E-state index contributed by atoms with van der Waals surface area (Å²) in [6.45, 7) is 17.9. The summed E-state index contributed by atoms with van der Waals surface area (Å²) >= 11 is 0. The van der Waals surface area contributed by atoms with Crippen LogP contribution in [0.5, 0.6) is 0 Å². The Morgan fingerprint density at radius 3 is 2.50 bits per heavy atom. The molecule has 2 atom stereocenters. The predicted molar refractivity (Wildman–Crippen MR) is 96.6 cm³/mol. The zero-order valence-corrected chi connectivity index (χ0v) is 15.3. The molecular weight excluding hydrogens is 268 g/mol. The molecule has 1 saturated carbocycles. The fraction of sp³-hybridized carbons (Fsp3) is 0.800. The van der Waals surface area contributed by atoms with E-state index >= 15 is 0 Å². The molecule has 2 aliphatic rings. The van der Waals surface area contributed by atoms with Crippen LogP contribution in [-0.4, -0.2) is 36.0 Å². The summed E-state index contributed by atoms with van der Waals surface area (Å²) < 4.78 is 0. The van der Waals surface area contributed by atoms with Crippen molar-refractivity contribution in [2.24, 2.45) is 17.8 Å². The molecule has 0 bridgehead atoms. The summed E-state index contributed by atoms with van der Waals surface area (Å²) in [7, 11) is 0. The molecule has 2 unspecified atom stereocenters. The number of piperazine rings is 1. The van der Waals surface area contributed by atoms with Crippen LogP contribution in [0.2, 0.25) is 0 Å². The molecule has 2 nitrogen and oxygen atoms in total. The van der Waals surface area contributed by atoms with Gasteiger partial charge in [-0.2, -0.15) is 0 Å². The van der Waals surface area contributed by atoms with Crippen LogP contribution in [0.3, 0.4) is 0 Å². The molecule has 0 radical (unpaired) electrons. The third-order valence-electron chi connectivity index (χ3n) is 5.46. The summed E-state index contributed by atoms with van der Waals surface area (Å²) in [5, 5.41) is 0. The summed E-state index contributed by atoms with van der Waals surface area (Å²) in [4.78, 5) is 4.95. The van der Waals surface area contributed by atoms with Crippen molar-refractivity contribution in [3.63, 3.8) is 0 Å². The molecule has 0 spiro atoms. The quantitative estimate of drug-likeness (QED) is 0.713. The van der Waals surface area contributed by atoms with Crippen molar-refractivity contribution in [1.29, 1.82) is 0 Å². The largest absolute Gasteiger partial charge is 0.374 e. The normalized spacial score (nSPS) is 26.6. The maximum Gasteiger partial charge on any atom is 0.0351 e. The van der Waals surface area contributed by atoms with Gasteiger partial charge >= 0.3 is 0 Å². The van der Waals surface area contributed by atoms with Crippen LogP contribution in [0.15, 0.2) is 24.0 Å². The minimum atomic E-state index is 0.833. The van der Waals surface area contributed by atoms with Gasteiger partial charge in [-0.05, 0) is 63.0 Å². The van der Waals surface area contributed by atoms with Gasteiger partial charge in [-0.25, -0.2) is 0 Å². The second-order valence-electron chi connectivity index (χ2n) is 8.01. The van der Waals surface area contributed by atoms with Gasteiger partial charge in [0, 0.05) is 31.9 Å². The third kappa shape index (κ3) is 5.07. The highest BCUT2D eigenvalue weighted by molar-refractivity contribution is 5.07. The van der Waals surface area contributed by atoms with Gasteiger partial charge < -0.3 is 9.80 Å². The van der Waals surface area contributed by atoms with E-state index in [1.54, 1.807) is 5.57 Å². The maximum atomic E-state index is 4.06. The fourth-order valence-corrected chi connectivity index (χ4v) is 4.16. The highest BCUT2D eigenvalue weighted by Crippen LogP contribution is 2.36. The molecule has 1 heterocycles. The van der Waals surface area contributed by atoms with Crippen LogP contribution in [0, 0.1) is 17.8 Å². The van der Waals surface area contributed by atoms with Crippen molar-refractivity contribution < 1.29 is 0 Å². The predicted octanol–water partition coefficient (Wildman–Crippen LogP) is 4.89. The molecule has 2 rings (SSSR count). The Kier molecular flexibility index (Phi) is 6.40. The van der Waals surface area contributed by atoms with Gasteiger partial charge in [0.05, 0.1) is 0 Å². The van der Waals surface area contributed by atoms with Crippen molar-refractivity contribution >= 4 is 0 Å². The zero-order chi connectivity index (χ0) is 16.1. The standard InChI is InChI=1S/C20H36N2/c1-16(2)13-18(5)20-8-6-7-19(14-20)15-21-9-11-22(12-10-21)17(3)4/h15-16,18,20H,3,6-14H2,1-2,4-5H3/b19-15+. The lowest BCUT2D eigenvalue weighted by atomic mass is 9.76. The fourth-order valence-electron chi connectivity index (χ4n) is 4.16. The lowest BCUT2D eigenvalue weighted by Gasteiger charge is -2.37. The molecule has 0 aromatic carbocycles. The van der Waals surface area contributed by atoms with E-state index in [2.05, 4.69) is 50.3 Å². The summed E-state index contributed by atoms with van der Waals surface area (Å²) in [6.07, 6.45) is 9.39. The smallest absolute Gasteiger partial charge is 0.0351 e. The van der Waals surface area contributed by atoms with Crippen LogP contribution >= 0.6 is 0 Å². The molecule has 0 aromatic rings. The number of hydrogen-bond donors (Lipinski definition) is 0. The summed E-state index contributed by atoms with van der Waals surface area (Å²) in [5.74, 6) is 2.63. The van der Waals surface area contributed by atoms with Crippen molar-refractivity contribution in [2.75, 3.05) is 26.2 Å². The summed E-state index contributed by atoms with van der Waals surface area (Å²) in [6, 6.07) is 0. The third-order valence-corrected chi connectivity index (χ3v) is 5.46. The van der Waals surface area contributed by atoms with Crippen LogP contribution in [-0.2, 0) is 0 Å². The molecule has 22 heavy (non-hydrogen) atoms. The van der Waals surface area contributed by atoms with Crippen molar-refractivity contribution in [2.45, 2.75) is 59.8 Å². The summed E-state index contributed by atoms with van der Waals surface area (Å²) in [5.41, 5.74) is 2.92. The Morgan fingerprint density at radius 1 is 1.23 bits per heavy atom. The molecule has 1 aliphatic carbocycles. The van der Waals surface area contributed by atoms with E-state index < -0.39 is 0 Å². The molecule has 2 fully saturated rings. The molecule has 0 amide bonds. The van der Waals surface area contributed by atoms with Crippen LogP contribution in [0.4, 0.5) is 0 Å². The minimum absolute atomic E-state index is 0.833. The molecule has 2 heteroatoms. The van der Waals surface area contributed by atoms with Gasteiger partial charge in [-0.3, -0.25) is 0 Å². The highest BCUT2D eigenvalue weighted by atomic mass is 15.3. The number of allylic oxidation sites excluding steroid dienone is 2. The first-order chi connectivity index (χ1) is 10.5. The lowest BCUT2D eigenvalue weighted by Crippen LogP contribution is -2.43. The topological polar surface area (TPSA) is 6.48 Å². The monoisotopic (exact) mass is 304 g/mol. The van der Waals surface area contributed by atoms with Gasteiger partial charge in [0.25, 0.3) is 0 Å². The van der Waals surface area contributed by atoms with E-state index in [1.807, 2.05) is 0 Å². The Morgan fingerprint density at radius 2 is 1.91 bits per heavy atom. The van der Waals surface area contributed by atoms with E-state index in [9.17, 15) is 0 Å². The molecular formula is C20H36N2. The Balaban J connectivity index is 1.85. The first-order valence-electron chi connectivity index (χ1n) is 9.29. The Bertz CT molecular complexity index is 389. The van der Waals surface area contributed by atoms with E-state index in [-0.39, 0.29) is 0 Å². The van der Waals surface area contributed by atoms with Gasteiger partial charge in [-0.1, -0.05) is 32.9 Å². The second-order valence-corrected chi connectivity index (χ2v) is 8.01. The van der Waals surface area contributed by atoms with Gasteiger partial charge in [-0.15, -0.1) is 0 Å². The Hall–Kier alpha value is -0.920. The van der Waals surface area contributed by atoms with E-state index in [0.717, 1.165) is 43.9 Å². The highest BCUT2D eigenvalue weighted by Gasteiger charge is 2.24. The average molecular weight is 305 g/mol. The molecule has 126 valence electrons. The molecule has 0 aromatic heterocycles. The minimum Gasteiger partial charge on any atom is -0.374 e.